The first-order valence-corrected chi connectivity index (χ1v) is 11.6. The summed E-state index contributed by atoms with van der Waals surface area (Å²) in [7, 11) is 0. The minimum atomic E-state index is -0.975. The van der Waals surface area contributed by atoms with E-state index in [2.05, 4.69) is 23.3 Å². The van der Waals surface area contributed by atoms with Crippen molar-refractivity contribution < 1.29 is 24.2 Å². The number of benzene rings is 1. The van der Waals surface area contributed by atoms with Gasteiger partial charge in [0.25, 0.3) is 0 Å². The number of carbonyl (C=O) groups excluding carboxylic acids is 3. The standard InChI is InChI=1S/C23H37N3O5S/c1-7-9-12-24-20(28)19(16-10-11-18(27)15(3)13-16)26(8-2)21(29)17(14-32)25-22(30)31-23(4,5)6/h10-11,13,17,19,27,32H,7-9,12,14H2,1-6H3,(H,24,28)(H,25,30). The Hall–Kier alpha value is -2.42. The largest absolute Gasteiger partial charge is 0.508 e. The van der Waals surface area contributed by atoms with Gasteiger partial charge in [-0.05, 0) is 64.3 Å². The van der Waals surface area contributed by atoms with Crippen LogP contribution in [-0.2, 0) is 14.3 Å². The molecule has 0 radical (unpaired) electrons. The first-order chi connectivity index (χ1) is 14.9. The Morgan fingerprint density at radius 3 is 2.38 bits per heavy atom. The summed E-state index contributed by atoms with van der Waals surface area (Å²) in [6, 6.07) is 2.92. The van der Waals surface area contributed by atoms with Gasteiger partial charge in [0.2, 0.25) is 11.8 Å². The molecule has 3 amide bonds. The van der Waals surface area contributed by atoms with E-state index in [1.165, 1.54) is 11.0 Å². The Labute approximate surface area is 196 Å². The number of phenols is 1. The van der Waals surface area contributed by atoms with Crippen LogP contribution in [0.3, 0.4) is 0 Å². The molecule has 1 aromatic carbocycles. The summed E-state index contributed by atoms with van der Waals surface area (Å²) in [5.41, 5.74) is 0.443. The highest BCUT2D eigenvalue weighted by Gasteiger charge is 2.35. The highest BCUT2D eigenvalue weighted by atomic mass is 32.1. The average molecular weight is 468 g/mol. The van der Waals surface area contributed by atoms with E-state index >= 15 is 0 Å². The van der Waals surface area contributed by atoms with Crippen LogP contribution in [0.1, 0.15) is 64.6 Å². The molecule has 2 unspecified atom stereocenters. The van der Waals surface area contributed by atoms with Crippen molar-refractivity contribution >= 4 is 30.5 Å². The van der Waals surface area contributed by atoms with E-state index in [4.69, 9.17) is 4.74 Å². The average Bonchev–Trinajstić information content (AvgIpc) is 2.70. The molecule has 0 aromatic heterocycles. The molecule has 8 nitrogen and oxygen atoms in total. The van der Waals surface area contributed by atoms with Crippen molar-refractivity contribution in [3.05, 3.63) is 29.3 Å². The fourth-order valence-corrected chi connectivity index (χ4v) is 3.36. The summed E-state index contributed by atoms with van der Waals surface area (Å²) in [4.78, 5) is 40.2. The number of amides is 3. The zero-order valence-electron chi connectivity index (χ0n) is 19.9. The lowest BCUT2D eigenvalue weighted by Gasteiger charge is -2.33. The molecular formula is C23H37N3O5S. The lowest BCUT2D eigenvalue weighted by Crippen LogP contribution is -2.53. The molecule has 0 aliphatic heterocycles. The number of ether oxygens (including phenoxy) is 1. The topological polar surface area (TPSA) is 108 Å². The third-order valence-electron chi connectivity index (χ3n) is 4.72. The van der Waals surface area contributed by atoms with Gasteiger partial charge in [0, 0.05) is 18.8 Å². The molecule has 0 aliphatic carbocycles. The molecule has 1 aromatic rings. The van der Waals surface area contributed by atoms with Gasteiger partial charge < -0.3 is 25.4 Å². The van der Waals surface area contributed by atoms with Gasteiger partial charge in [0.15, 0.2) is 0 Å². The molecule has 0 saturated heterocycles. The van der Waals surface area contributed by atoms with Crippen molar-refractivity contribution in [1.82, 2.24) is 15.5 Å². The fourth-order valence-electron chi connectivity index (χ4n) is 3.11. The van der Waals surface area contributed by atoms with Gasteiger partial charge in [-0.1, -0.05) is 19.4 Å². The molecule has 9 heteroatoms. The van der Waals surface area contributed by atoms with E-state index in [0.717, 1.165) is 12.8 Å². The number of rotatable bonds is 10. The molecule has 1 rings (SSSR count). The zero-order chi connectivity index (χ0) is 24.5. The molecule has 0 bridgehead atoms. The maximum Gasteiger partial charge on any atom is 0.408 e. The Morgan fingerprint density at radius 2 is 1.88 bits per heavy atom. The second-order valence-corrected chi connectivity index (χ2v) is 8.96. The second-order valence-electron chi connectivity index (χ2n) is 8.60. The van der Waals surface area contributed by atoms with E-state index < -0.39 is 29.7 Å². The van der Waals surface area contributed by atoms with Crippen molar-refractivity contribution in [3.8, 4) is 5.75 Å². The van der Waals surface area contributed by atoms with Crippen LogP contribution < -0.4 is 10.6 Å². The number of aryl methyl sites for hydroxylation is 1. The van der Waals surface area contributed by atoms with Gasteiger partial charge in [-0.15, -0.1) is 0 Å². The van der Waals surface area contributed by atoms with E-state index in [9.17, 15) is 19.5 Å². The number of likely N-dealkylation sites (N-methyl/N-ethyl adjacent to an activating group) is 1. The van der Waals surface area contributed by atoms with Crippen LogP contribution in [0.2, 0.25) is 0 Å². The summed E-state index contributed by atoms with van der Waals surface area (Å²) in [5, 5.41) is 15.4. The molecule has 32 heavy (non-hydrogen) atoms. The molecule has 0 spiro atoms. The molecule has 2 atom stereocenters. The normalized spacial score (nSPS) is 13.1. The monoisotopic (exact) mass is 467 g/mol. The predicted molar refractivity (Wildman–Crippen MR) is 128 cm³/mol. The number of thiol groups is 1. The number of alkyl carbamates (subject to hydrolysis) is 1. The Balaban J connectivity index is 3.24. The maximum atomic E-state index is 13.4. The van der Waals surface area contributed by atoms with Gasteiger partial charge in [0.1, 0.15) is 23.4 Å². The van der Waals surface area contributed by atoms with Crippen LogP contribution in [0, 0.1) is 6.92 Å². The minimum Gasteiger partial charge on any atom is -0.508 e. The Morgan fingerprint density at radius 1 is 1.22 bits per heavy atom. The Bertz CT molecular complexity index is 794. The van der Waals surface area contributed by atoms with Crippen LogP contribution in [0.5, 0.6) is 5.75 Å². The van der Waals surface area contributed by atoms with Crippen molar-refractivity contribution in [2.45, 2.75) is 72.1 Å². The van der Waals surface area contributed by atoms with E-state index in [-0.39, 0.29) is 24.0 Å². The number of carbonyl (C=O) groups is 3. The predicted octanol–water partition coefficient (Wildman–Crippen LogP) is 3.33. The van der Waals surface area contributed by atoms with Crippen LogP contribution >= 0.6 is 12.6 Å². The number of unbranched alkanes of at least 4 members (excludes halogenated alkanes) is 1. The summed E-state index contributed by atoms with van der Waals surface area (Å²) in [5.74, 6) is -0.635. The third-order valence-corrected chi connectivity index (χ3v) is 5.09. The second kappa shape index (κ2) is 12.6. The third kappa shape index (κ3) is 8.26. The molecule has 180 valence electrons. The minimum absolute atomic E-state index is 0.0351. The molecule has 0 saturated carbocycles. The first kappa shape index (κ1) is 27.6. The highest BCUT2D eigenvalue weighted by Crippen LogP contribution is 2.27. The zero-order valence-corrected chi connectivity index (χ0v) is 20.8. The molecular weight excluding hydrogens is 430 g/mol. The SMILES string of the molecule is CCCCNC(=O)C(c1ccc(O)c(C)c1)N(CC)C(=O)C(CS)NC(=O)OC(C)(C)C. The number of nitrogens with one attached hydrogen (secondary N) is 2. The molecule has 3 N–H and O–H groups in total. The van der Waals surface area contributed by atoms with Crippen molar-refractivity contribution in [2.75, 3.05) is 18.8 Å². The number of phenolic OH excluding ortho intramolecular Hbond substituents is 1. The molecule has 0 aliphatic rings. The van der Waals surface area contributed by atoms with Crippen LogP contribution in [-0.4, -0.2) is 58.4 Å². The van der Waals surface area contributed by atoms with Crippen molar-refractivity contribution in [3.63, 3.8) is 0 Å². The number of aromatic hydroxyl groups is 1. The quantitative estimate of drug-likeness (QED) is 0.312. The van der Waals surface area contributed by atoms with Crippen LogP contribution in [0.25, 0.3) is 0 Å². The number of nitrogens with zero attached hydrogens (tertiary/aromatic N) is 1. The maximum absolute atomic E-state index is 13.4. The van der Waals surface area contributed by atoms with Gasteiger partial charge in [-0.2, -0.15) is 12.6 Å². The van der Waals surface area contributed by atoms with Crippen molar-refractivity contribution in [2.24, 2.45) is 0 Å². The summed E-state index contributed by atoms with van der Waals surface area (Å²) >= 11 is 4.23. The summed E-state index contributed by atoms with van der Waals surface area (Å²) in [6.07, 6.45) is 0.999. The lowest BCUT2D eigenvalue weighted by atomic mass is 10.0. The van der Waals surface area contributed by atoms with E-state index in [0.29, 0.717) is 17.7 Å². The molecule has 0 heterocycles. The van der Waals surface area contributed by atoms with Crippen LogP contribution in [0.15, 0.2) is 18.2 Å². The highest BCUT2D eigenvalue weighted by molar-refractivity contribution is 7.80. The smallest absolute Gasteiger partial charge is 0.408 e. The number of hydrogen-bond acceptors (Lipinski definition) is 6. The Kier molecular flexibility index (Phi) is 10.9. The fraction of sp³-hybridized carbons (Fsp3) is 0.609. The van der Waals surface area contributed by atoms with E-state index in [1.54, 1.807) is 46.8 Å². The summed E-state index contributed by atoms with van der Waals surface area (Å²) < 4.78 is 5.26. The molecule has 0 fully saturated rings. The summed E-state index contributed by atoms with van der Waals surface area (Å²) in [6.45, 7) is 11.4. The van der Waals surface area contributed by atoms with E-state index in [1.807, 2.05) is 6.92 Å². The lowest BCUT2D eigenvalue weighted by molar-refractivity contribution is -0.141. The number of hydrogen-bond donors (Lipinski definition) is 4. The van der Waals surface area contributed by atoms with Gasteiger partial charge in [-0.3, -0.25) is 9.59 Å². The van der Waals surface area contributed by atoms with Crippen LogP contribution in [0.4, 0.5) is 4.79 Å². The van der Waals surface area contributed by atoms with Crippen molar-refractivity contribution in [1.29, 1.82) is 0 Å². The van der Waals surface area contributed by atoms with Gasteiger partial charge in [0.05, 0.1) is 0 Å². The van der Waals surface area contributed by atoms with Gasteiger partial charge >= 0.3 is 6.09 Å². The first-order valence-electron chi connectivity index (χ1n) is 10.9. The van der Waals surface area contributed by atoms with Gasteiger partial charge in [-0.25, -0.2) is 4.79 Å².